The lowest BCUT2D eigenvalue weighted by atomic mass is 10.1. The number of amides is 1. The largest absolute Gasteiger partial charge is 0.496 e. The van der Waals surface area contributed by atoms with Gasteiger partial charge in [-0.3, -0.25) is 9.59 Å². The lowest BCUT2D eigenvalue weighted by Crippen LogP contribution is -2.37. The van der Waals surface area contributed by atoms with Gasteiger partial charge in [0.05, 0.1) is 26.2 Å². The van der Waals surface area contributed by atoms with Crippen LogP contribution in [0.15, 0.2) is 53.5 Å². The summed E-state index contributed by atoms with van der Waals surface area (Å²) in [5.41, 5.74) is 0.591. The minimum absolute atomic E-state index is 0.0787. The lowest BCUT2D eigenvalue weighted by Gasteiger charge is -2.14. The zero-order valence-electron chi connectivity index (χ0n) is 12.9. The number of hydrogen-bond donors (Lipinski definition) is 2. The van der Waals surface area contributed by atoms with Crippen molar-refractivity contribution in [3.63, 3.8) is 0 Å². The number of benzene rings is 1. The van der Waals surface area contributed by atoms with Crippen LogP contribution in [0.3, 0.4) is 0 Å². The van der Waals surface area contributed by atoms with Crippen LogP contribution in [0.4, 0.5) is 0 Å². The Morgan fingerprint density at radius 2 is 2.00 bits per heavy atom. The van der Waals surface area contributed by atoms with E-state index in [0.717, 1.165) is 5.56 Å². The van der Waals surface area contributed by atoms with Gasteiger partial charge in [0.25, 0.3) is 5.56 Å². The van der Waals surface area contributed by atoms with Crippen LogP contribution in [-0.4, -0.2) is 35.3 Å². The Morgan fingerprint density at radius 3 is 2.74 bits per heavy atom. The van der Waals surface area contributed by atoms with Crippen molar-refractivity contribution < 1.29 is 14.6 Å². The van der Waals surface area contributed by atoms with Gasteiger partial charge in [0.2, 0.25) is 5.91 Å². The van der Waals surface area contributed by atoms with Crippen molar-refractivity contribution in [1.82, 2.24) is 9.88 Å². The molecule has 1 unspecified atom stereocenters. The van der Waals surface area contributed by atoms with Gasteiger partial charge in [0.15, 0.2) is 0 Å². The van der Waals surface area contributed by atoms with Crippen molar-refractivity contribution in [2.24, 2.45) is 0 Å². The Hall–Kier alpha value is -2.60. The fraction of sp³-hybridized carbons (Fsp3) is 0.294. The average molecular weight is 316 g/mol. The molecule has 23 heavy (non-hydrogen) atoms. The number of ether oxygens (including phenoxy) is 1. The number of aliphatic hydroxyl groups is 1. The van der Waals surface area contributed by atoms with Crippen LogP contribution in [-0.2, 0) is 17.8 Å². The third-order valence-corrected chi connectivity index (χ3v) is 3.38. The van der Waals surface area contributed by atoms with E-state index in [-0.39, 0.29) is 31.0 Å². The van der Waals surface area contributed by atoms with Crippen molar-refractivity contribution in [2.45, 2.75) is 19.1 Å². The summed E-state index contributed by atoms with van der Waals surface area (Å²) in [5, 5.41) is 12.6. The fourth-order valence-corrected chi connectivity index (χ4v) is 2.22. The number of nitrogens with one attached hydrogen (secondary N) is 1. The highest BCUT2D eigenvalue weighted by atomic mass is 16.5. The topological polar surface area (TPSA) is 80.6 Å². The fourth-order valence-electron chi connectivity index (χ4n) is 2.22. The van der Waals surface area contributed by atoms with Crippen molar-refractivity contribution >= 4 is 5.91 Å². The number of carbonyl (C=O) groups is 1. The quantitative estimate of drug-likeness (QED) is 0.783. The Balaban J connectivity index is 1.84. The minimum Gasteiger partial charge on any atom is -0.496 e. The van der Waals surface area contributed by atoms with Crippen LogP contribution < -0.4 is 15.6 Å². The Morgan fingerprint density at radius 1 is 1.26 bits per heavy atom. The summed E-state index contributed by atoms with van der Waals surface area (Å²) in [4.78, 5) is 23.5. The molecule has 0 aliphatic heterocycles. The van der Waals surface area contributed by atoms with Crippen molar-refractivity contribution in [2.75, 3.05) is 13.7 Å². The molecule has 0 radical (unpaired) electrons. The Kier molecular flexibility index (Phi) is 5.94. The average Bonchev–Trinajstić information content (AvgIpc) is 2.55. The van der Waals surface area contributed by atoms with E-state index < -0.39 is 6.10 Å². The number of aromatic nitrogens is 1. The monoisotopic (exact) mass is 316 g/mol. The number of nitrogens with zero attached hydrogens (tertiary/aromatic N) is 1. The van der Waals surface area contributed by atoms with Gasteiger partial charge in [0, 0.05) is 24.4 Å². The summed E-state index contributed by atoms with van der Waals surface area (Å²) in [5.74, 6) is 0.438. The van der Waals surface area contributed by atoms with E-state index in [1.165, 1.54) is 10.6 Å². The van der Waals surface area contributed by atoms with Crippen LogP contribution in [0.25, 0.3) is 0 Å². The summed E-state index contributed by atoms with van der Waals surface area (Å²) >= 11 is 0. The molecular formula is C17H20N2O4. The molecule has 0 aliphatic carbocycles. The summed E-state index contributed by atoms with van der Waals surface area (Å²) in [6, 6.07) is 12.1. The lowest BCUT2D eigenvalue weighted by molar-refractivity contribution is -0.120. The highest BCUT2D eigenvalue weighted by Crippen LogP contribution is 2.17. The van der Waals surface area contributed by atoms with Crippen LogP contribution in [0.1, 0.15) is 5.56 Å². The molecular weight excluding hydrogens is 296 g/mol. The van der Waals surface area contributed by atoms with Crippen LogP contribution in [0.5, 0.6) is 5.75 Å². The molecule has 6 heteroatoms. The maximum atomic E-state index is 12.0. The molecule has 2 rings (SSSR count). The van der Waals surface area contributed by atoms with Gasteiger partial charge in [-0.15, -0.1) is 0 Å². The predicted octanol–water partition coefficient (Wildman–Crippen LogP) is 0.577. The highest BCUT2D eigenvalue weighted by molar-refractivity contribution is 5.79. The molecule has 0 saturated heterocycles. The van der Waals surface area contributed by atoms with Gasteiger partial charge in [-0.25, -0.2) is 0 Å². The maximum Gasteiger partial charge on any atom is 0.250 e. The van der Waals surface area contributed by atoms with Crippen LogP contribution in [0.2, 0.25) is 0 Å². The van der Waals surface area contributed by atoms with Crippen molar-refractivity contribution in [3.05, 3.63) is 64.6 Å². The standard InChI is InChI=1S/C17H20N2O4/c1-23-15-7-3-2-6-13(15)10-16(21)18-11-14(20)12-19-9-5-4-8-17(19)22/h2-9,14,20H,10-12H2,1H3,(H,18,21). The molecule has 0 aliphatic rings. The second kappa shape index (κ2) is 8.14. The Bertz CT molecular complexity index is 711. The molecule has 1 atom stereocenters. The van der Waals surface area contributed by atoms with E-state index in [4.69, 9.17) is 4.74 Å². The zero-order chi connectivity index (χ0) is 16.7. The first-order chi connectivity index (χ1) is 11.1. The van der Waals surface area contributed by atoms with Gasteiger partial charge < -0.3 is 19.7 Å². The molecule has 1 amide bonds. The van der Waals surface area contributed by atoms with Crippen molar-refractivity contribution in [1.29, 1.82) is 0 Å². The molecule has 1 heterocycles. The number of hydrogen-bond acceptors (Lipinski definition) is 4. The number of methoxy groups -OCH3 is 1. The predicted molar refractivity (Wildman–Crippen MR) is 86.4 cm³/mol. The summed E-state index contributed by atoms with van der Waals surface area (Å²) in [6.45, 7) is 0.212. The minimum atomic E-state index is -0.836. The molecule has 1 aromatic heterocycles. The van der Waals surface area contributed by atoms with E-state index >= 15 is 0 Å². The smallest absolute Gasteiger partial charge is 0.250 e. The molecule has 2 N–H and O–H groups in total. The second-order valence-electron chi connectivity index (χ2n) is 5.14. The first-order valence-electron chi connectivity index (χ1n) is 7.32. The molecule has 122 valence electrons. The van der Waals surface area contributed by atoms with E-state index in [1.54, 1.807) is 31.5 Å². The SMILES string of the molecule is COc1ccccc1CC(=O)NCC(O)Cn1ccccc1=O. The number of carbonyl (C=O) groups excluding carboxylic acids is 1. The van der Waals surface area contributed by atoms with E-state index in [0.29, 0.717) is 5.75 Å². The van der Waals surface area contributed by atoms with Crippen LogP contribution in [0, 0.1) is 0 Å². The molecule has 1 aromatic carbocycles. The number of rotatable bonds is 7. The van der Waals surface area contributed by atoms with E-state index in [9.17, 15) is 14.7 Å². The Labute approximate surface area is 134 Å². The summed E-state index contributed by atoms with van der Waals surface area (Å²) in [6.07, 6.45) is 0.932. The van der Waals surface area contributed by atoms with Gasteiger partial charge in [-0.05, 0) is 12.1 Å². The second-order valence-corrected chi connectivity index (χ2v) is 5.14. The number of pyridine rings is 1. The molecule has 6 nitrogen and oxygen atoms in total. The number of para-hydroxylation sites is 1. The first-order valence-corrected chi connectivity index (χ1v) is 7.32. The summed E-state index contributed by atoms with van der Waals surface area (Å²) < 4.78 is 6.60. The normalized spacial score (nSPS) is 11.7. The molecule has 0 saturated carbocycles. The van der Waals surface area contributed by atoms with Gasteiger partial charge >= 0.3 is 0 Å². The van der Waals surface area contributed by atoms with Crippen molar-refractivity contribution in [3.8, 4) is 5.75 Å². The maximum absolute atomic E-state index is 12.0. The van der Waals surface area contributed by atoms with Gasteiger partial charge in [0.1, 0.15) is 5.75 Å². The van der Waals surface area contributed by atoms with Gasteiger partial charge in [-0.1, -0.05) is 24.3 Å². The first kappa shape index (κ1) is 16.8. The van der Waals surface area contributed by atoms with Crippen LogP contribution >= 0.6 is 0 Å². The zero-order valence-corrected chi connectivity index (χ0v) is 12.9. The van der Waals surface area contributed by atoms with E-state index in [1.807, 2.05) is 18.2 Å². The molecule has 0 bridgehead atoms. The van der Waals surface area contributed by atoms with Gasteiger partial charge in [-0.2, -0.15) is 0 Å². The molecule has 0 spiro atoms. The molecule has 0 fully saturated rings. The third kappa shape index (κ3) is 4.96. The molecule has 2 aromatic rings. The highest BCUT2D eigenvalue weighted by Gasteiger charge is 2.11. The number of aliphatic hydroxyl groups excluding tert-OH is 1. The third-order valence-electron chi connectivity index (χ3n) is 3.38. The van der Waals surface area contributed by atoms with E-state index in [2.05, 4.69) is 5.32 Å². The summed E-state index contributed by atoms with van der Waals surface area (Å²) in [7, 11) is 1.55.